The van der Waals surface area contributed by atoms with E-state index in [0.717, 1.165) is 24.0 Å². The van der Waals surface area contributed by atoms with E-state index in [1.54, 1.807) is 0 Å². The van der Waals surface area contributed by atoms with E-state index >= 15 is 0 Å². The molecule has 0 aliphatic carbocycles. The second-order valence-corrected chi connectivity index (χ2v) is 7.08. The summed E-state index contributed by atoms with van der Waals surface area (Å²) in [5, 5.41) is 12.2. The molecule has 94 valence electrons. The number of hydrogen-bond acceptors (Lipinski definition) is 2. The summed E-state index contributed by atoms with van der Waals surface area (Å²) in [6.45, 7) is 0. The number of aliphatic hydroxyl groups is 1. The Bertz CT molecular complexity index is 476. The van der Waals surface area contributed by atoms with Crippen LogP contribution in [0.25, 0.3) is 0 Å². The third-order valence-electron chi connectivity index (χ3n) is 4.13. The van der Waals surface area contributed by atoms with Gasteiger partial charge in [-0.25, -0.2) is 0 Å². The first-order valence-corrected chi connectivity index (χ1v) is 7.59. The molecule has 0 spiro atoms. The molecule has 0 saturated carbocycles. The minimum atomic E-state index is -0.659. The zero-order valence-corrected chi connectivity index (χ0v) is 11.2. The van der Waals surface area contributed by atoms with Gasteiger partial charge in [0.1, 0.15) is 0 Å². The minimum absolute atomic E-state index is 0.622. The monoisotopic (exact) mass is 258 g/mol. The van der Waals surface area contributed by atoms with Crippen molar-refractivity contribution in [2.24, 2.45) is 0 Å². The Labute approximate surface area is 113 Å². The molecule has 1 aromatic carbocycles. The summed E-state index contributed by atoms with van der Waals surface area (Å²) in [7, 11) is 0. The van der Waals surface area contributed by atoms with E-state index in [1.165, 1.54) is 19.3 Å². The van der Waals surface area contributed by atoms with Gasteiger partial charge in [0.25, 0.3) is 0 Å². The maximum atomic E-state index is 11.0. The first-order chi connectivity index (χ1) is 8.69. The number of thioether (sulfide) groups is 1. The summed E-state index contributed by atoms with van der Waals surface area (Å²) >= 11 is 2.08. The molecule has 2 unspecified atom stereocenters. The van der Waals surface area contributed by atoms with Crippen LogP contribution in [0, 0.1) is 12.3 Å². The molecule has 0 amide bonds. The van der Waals surface area contributed by atoms with Crippen LogP contribution in [0.15, 0.2) is 24.3 Å². The van der Waals surface area contributed by atoms with Gasteiger partial charge in [-0.3, -0.25) is 0 Å². The number of fused-ring (bicyclic) bond motifs is 2. The lowest BCUT2D eigenvalue weighted by atomic mass is 9.80. The molecular formula is C16H18OS. The Kier molecular flexibility index (Phi) is 3.13. The van der Waals surface area contributed by atoms with Crippen LogP contribution in [-0.2, 0) is 5.60 Å². The molecule has 2 fully saturated rings. The van der Waals surface area contributed by atoms with Crippen molar-refractivity contribution in [1.82, 2.24) is 0 Å². The Morgan fingerprint density at radius 2 is 2.00 bits per heavy atom. The predicted octanol–water partition coefficient (Wildman–Crippen LogP) is 3.30. The molecule has 2 aliphatic heterocycles. The molecule has 18 heavy (non-hydrogen) atoms. The average molecular weight is 258 g/mol. The lowest BCUT2D eigenvalue weighted by Gasteiger charge is -2.44. The maximum Gasteiger partial charge on any atom is 0.0918 e. The van der Waals surface area contributed by atoms with E-state index in [1.807, 2.05) is 24.3 Å². The van der Waals surface area contributed by atoms with E-state index in [-0.39, 0.29) is 0 Å². The lowest BCUT2D eigenvalue weighted by Crippen LogP contribution is -2.40. The smallest absolute Gasteiger partial charge is 0.0918 e. The van der Waals surface area contributed by atoms with Gasteiger partial charge >= 0.3 is 0 Å². The Balaban J connectivity index is 1.92. The van der Waals surface area contributed by atoms with Gasteiger partial charge in [0.2, 0.25) is 0 Å². The molecule has 1 nitrogen and oxygen atoms in total. The largest absolute Gasteiger partial charge is 0.385 e. The highest BCUT2D eigenvalue weighted by molar-refractivity contribution is 8.00. The topological polar surface area (TPSA) is 20.2 Å². The van der Waals surface area contributed by atoms with Gasteiger partial charge in [0, 0.05) is 16.1 Å². The van der Waals surface area contributed by atoms with Crippen molar-refractivity contribution in [2.75, 3.05) is 0 Å². The van der Waals surface area contributed by atoms with Gasteiger partial charge in [0.05, 0.1) is 5.60 Å². The van der Waals surface area contributed by atoms with Gasteiger partial charge < -0.3 is 5.11 Å². The molecule has 2 aliphatic rings. The van der Waals surface area contributed by atoms with Crippen LogP contribution in [0.3, 0.4) is 0 Å². The molecule has 1 N–H and O–H groups in total. The fraction of sp³-hybridized carbons (Fsp3) is 0.500. The quantitative estimate of drug-likeness (QED) is 0.780. The van der Waals surface area contributed by atoms with Gasteiger partial charge in [-0.2, -0.15) is 11.8 Å². The van der Waals surface area contributed by atoms with Crippen LogP contribution in [0.1, 0.15) is 43.2 Å². The zero-order valence-electron chi connectivity index (χ0n) is 10.4. The van der Waals surface area contributed by atoms with Crippen molar-refractivity contribution in [3.8, 4) is 12.3 Å². The normalized spacial score (nSPS) is 34.9. The summed E-state index contributed by atoms with van der Waals surface area (Å²) in [5.74, 6) is 2.66. The molecule has 0 radical (unpaired) electrons. The second-order valence-electron chi connectivity index (χ2n) is 5.48. The van der Waals surface area contributed by atoms with E-state index in [0.29, 0.717) is 10.5 Å². The highest BCUT2D eigenvalue weighted by atomic mass is 32.2. The highest BCUT2D eigenvalue weighted by Gasteiger charge is 2.42. The number of hydrogen-bond donors (Lipinski definition) is 1. The van der Waals surface area contributed by atoms with Crippen LogP contribution >= 0.6 is 11.8 Å². The molecule has 2 heteroatoms. The third-order valence-corrected chi connectivity index (χ3v) is 5.71. The van der Waals surface area contributed by atoms with Crippen molar-refractivity contribution in [1.29, 1.82) is 0 Å². The lowest BCUT2D eigenvalue weighted by molar-refractivity contribution is 0.00811. The van der Waals surface area contributed by atoms with Crippen molar-refractivity contribution in [3.63, 3.8) is 0 Å². The van der Waals surface area contributed by atoms with Gasteiger partial charge in [-0.1, -0.05) is 24.5 Å². The number of benzene rings is 1. The molecule has 2 saturated heterocycles. The van der Waals surface area contributed by atoms with E-state index in [4.69, 9.17) is 6.42 Å². The Hall–Kier alpha value is -0.910. The van der Waals surface area contributed by atoms with Crippen LogP contribution in [-0.4, -0.2) is 15.6 Å². The fourth-order valence-electron chi connectivity index (χ4n) is 3.25. The summed E-state index contributed by atoms with van der Waals surface area (Å²) in [4.78, 5) is 0. The average Bonchev–Trinajstić information content (AvgIpc) is 2.38. The SMILES string of the molecule is C#Cc1cccc(C2(O)CC3CCCC(C2)S3)c1. The fourth-order valence-corrected chi connectivity index (χ4v) is 5.15. The van der Waals surface area contributed by atoms with Crippen LogP contribution in [0.4, 0.5) is 0 Å². The predicted molar refractivity (Wildman–Crippen MR) is 76.5 cm³/mol. The Morgan fingerprint density at radius 3 is 2.67 bits per heavy atom. The first kappa shape index (κ1) is 12.1. The summed E-state index contributed by atoms with van der Waals surface area (Å²) in [5.41, 5.74) is 1.22. The zero-order chi connectivity index (χ0) is 12.6. The molecule has 2 atom stereocenters. The number of rotatable bonds is 1. The van der Waals surface area contributed by atoms with Crippen molar-refractivity contribution in [2.45, 2.75) is 48.2 Å². The first-order valence-electron chi connectivity index (χ1n) is 6.65. The van der Waals surface area contributed by atoms with Crippen molar-refractivity contribution < 1.29 is 5.11 Å². The molecule has 1 aromatic rings. The maximum absolute atomic E-state index is 11.0. The molecule has 0 aromatic heterocycles. The van der Waals surface area contributed by atoms with Crippen LogP contribution in [0.2, 0.25) is 0 Å². The molecule has 3 rings (SSSR count). The van der Waals surface area contributed by atoms with E-state index in [9.17, 15) is 5.11 Å². The summed E-state index contributed by atoms with van der Waals surface area (Å²) in [6, 6.07) is 7.88. The van der Waals surface area contributed by atoms with Crippen LogP contribution < -0.4 is 0 Å². The van der Waals surface area contributed by atoms with E-state index < -0.39 is 5.60 Å². The standard InChI is InChI=1S/C16H18OS/c1-2-12-5-3-6-13(9-12)16(17)10-14-7-4-8-15(11-16)18-14/h1,3,5-6,9,14-15,17H,4,7-8,10-11H2. The molecule has 2 heterocycles. The Morgan fingerprint density at radius 1 is 1.28 bits per heavy atom. The highest BCUT2D eigenvalue weighted by Crippen LogP contribution is 2.49. The van der Waals surface area contributed by atoms with Gasteiger partial charge in [0.15, 0.2) is 0 Å². The molecular weight excluding hydrogens is 240 g/mol. The molecule has 2 bridgehead atoms. The van der Waals surface area contributed by atoms with Gasteiger partial charge in [-0.15, -0.1) is 6.42 Å². The van der Waals surface area contributed by atoms with Crippen LogP contribution in [0.5, 0.6) is 0 Å². The summed E-state index contributed by atoms with van der Waals surface area (Å²) in [6.07, 6.45) is 11.0. The summed E-state index contributed by atoms with van der Waals surface area (Å²) < 4.78 is 0. The van der Waals surface area contributed by atoms with Gasteiger partial charge in [-0.05, 0) is 43.4 Å². The third kappa shape index (κ3) is 2.18. The second kappa shape index (κ2) is 4.64. The van der Waals surface area contributed by atoms with Crippen molar-refractivity contribution >= 4 is 11.8 Å². The minimum Gasteiger partial charge on any atom is -0.385 e. The number of terminal acetylenes is 1. The van der Waals surface area contributed by atoms with Crippen molar-refractivity contribution in [3.05, 3.63) is 35.4 Å². The van der Waals surface area contributed by atoms with E-state index in [2.05, 4.69) is 17.7 Å².